The average molecular weight is 299 g/mol. The van der Waals surface area contributed by atoms with Crippen LogP contribution in [0.3, 0.4) is 0 Å². The summed E-state index contributed by atoms with van der Waals surface area (Å²) in [6.07, 6.45) is 0.419. The fraction of sp³-hybridized carbons (Fsp3) is 0.462. The standard InChI is InChI=1S/C13H18FN3O4/c1-19-13(18)9-3-2-4-10(12(9)15)17(16)11-6-5-8(21-11)7-20-14/h2-4,8,11H,5-7,15-16H2,1H3. The van der Waals surface area contributed by atoms with Crippen molar-refractivity contribution in [3.63, 3.8) is 0 Å². The second-order valence-electron chi connectivity index (χ2n) is 4.70. The van der Waals surface area contributed by atoms with Crippen LogP contribution in [0, 0.1) is 0 Å². The van der Waals surface area contributed by atoms with Crippen molar-refractivity contribution < 1.29 is 23.7 Å². The fourth-order valence-electron chi connectivity index (χ4n) is 2.31. The number of carbonyl (C=O) groups is 1. The summed E-state index contributed by atoms with van der Waals surface area (Å²) in [5, 5.41) is 1.33. The van der Waals surface area contributed by atoms with Gasteiger partial charge in [0.2, 0.25) is 0 Å². The Morgan fingerprint density at radius 2 is 2.29 bits per heavy atom. The van der Waals surface area contributed by atoms with Crippen LogP contribution in [-0.2, 0) is 14.4 Å². The first-order valence-electron chi connectivity index (χ1n) is 6.48. The van der Waals surface area contributed by atoms with Crippen molar-refractivity contribution in [3.8, 4) is 0 Å². The van der Waals surface area contributed by atoms with Crippen LogP contribution in [0.5, 0.6) is 0 Å². The Morgan fingerprint density at radius 1 is 1.52 bits per heavy atom. The van der Waals surface area contributed by atoms with Crippen LogP contribution < -0.4 is 16.6 Å². The van der Waals surface area contributed by atoms with E-state index in [2.05, 4.69) is 9.68 Å². The fourth-order valence-corrected chi connectivity index (χ4v) is 2.31. The van der Waals surface area contributed by atoms with Gasteiger partial charge in [-0.2, -0.15) is 4.94 Å². The van der Waals surface area contributed by atoms with E-state index in [0.29, 0.717) is 18.5 Å². The molecule has 0 saturated carbocycles. The van der Waals surface area contributed by atoms with Crippen LogP contribution in [-0.4, -0.2) is 32.0 Å². The molecule has 2 rings (SSSR count). The summed E-state index contributed by atoms with van der Waals surface area (Å²) in [6, 6.07) is 4.87. The minimum Gasteiger partial charge on any atom is -0.465 e. The number of esters is 1. The van der Waals surface area contributed by atoms with E-state index < -0.39 is 12.2 Å². The molecule has 8 heteroatoms. The highest BCUT2D eigenvalue weighted by Crippen LogP contribution is 2.31. The van der Waals surface area contributed by atoms with Gasteiger partial charge in [-0.1, -0.05) is 6.07 Å². The van der Waals surface area contributed by atoms with Crippen LogP contribution >= 0.6 is 0 Å². The Labute approximate surface area is 121 Å². The number of methoxy groups -OCH3 is 1. The molecule has 1 heterocycles. The van der Waals surface area contributed by atoms with Crippen LogP contribution in [0.15, 0.2) is 18.2 Å². The Morgan fingerprint density at radius 3 is 2.95 bits per heavy atom. The van der Waals surface area contributed by atoms with E-state index in [0.717, 1.165) is 0 Å². The van der Waals surface area contributed by atoms with Gasteiger partial charge in [-0.15, -0.1) is 0 Å². The zero-order valence-corrected chi connectivity index (χ0v) is 11.6. The molecular weight excluding hydrogens is 281 g/mol. The lowest BCUT2D eigenvalue weighted by Crippen LogP contribution is -2.42. The molecule has 1 aliphatic heterocycles. The number of nitrogen functional groups attached to an aromatic ring is 1. The monoisotopic (exact) mass is 299 g/mol. The van der Waals surface area contributed by atoms with Crippen LogP contribution in [0.4, 0.5) is 15.9 Å². The van der Waals surface area contributed by atoms with Crippen LogP contribution in [0.2, 0.25) is 0 Å². The number of anilines is 2. The Kier molecular flexibility index (Phi) is 4.94. The van der Waals surface area contributed by atoms with Crippen molar-refractivity contribution in [2.24, 2.45) is 5.84 Å². The van der Waals surface area contributed by atoms with Gasteiger partial charge in [-0.05, 0) is 29.5 Å². The Balaban J connectivity index is 2.16. The number of nitrogens with two attached hydrogens (primary N) is 2. The number of halogens is 1. The third-order valence-electron chi connectivity index (χ3n) is 3.41. The molecule has 1 saturated heterocycles. The van der Waals surface area contributed by atoms with Crippen molar-refractivity contribution in [3.05, 3.63) is 23.8 Å². The lowest BCUT2D eigenvalue weighted by Gasteiger charge is -2.27. The Bertz CT molecular complexity index is 514. The second kappa shape index (κ2) is 6.70. The summed E-state index contributed by atoms with van der Waals surface area (Å²) in [7, 11) is 1.27. The van der Waals surface area contributed by atoms with E-state index in [9.17, 15) is 9.32 Å². The molecule has 21 heavy (non-hydrogen) atoms. The minimum atomic E-state index is -0.543. The molecule has 1 aromatic rings. The summed E-state index contributed by atoms with van der Waals surface area (Å²) in [6.45, 7) is -0.137. The smallest absolute Gasteiger partial charge is 0.340 e. The SMILES string of the molecule is COC(=O)c1cccc(N(N)C2CCC(COF)O2)c1N. The van der Waals surface area contributed by atoms with Gasteiger partial charge in [-0.3, -0.25) is 5.01 Å². The number of hydrogen-bond acceptors (Lipinski definition) is 7. The van der Waals surface area contributed by atoms with E-state index in [1.807, 2.05) is 0 Å². The molecule has 0 spiro atoms. The third-order valence-corrected chi connectivity index (χ3v) is 3.41. The highest BCUT2D eigenvalue weighted by molar-refractivity contribution is 5.98. The molecule has 1 aromatic carbocycles. The molecule has 0 aromatic heterocycles. The van der Waals surface area contributed by atoms with Gasteiger partial charge in [0, 0.05) is 0 Å². The first kappa shape index (κ1) is 15.5. The zero-order valence-electron chi connectivity index (χ0n) is 11.6. The number of benzene rings is 1. The minimum absolute atomic E-state index is 0.137. The molecule has 4 N–H and O–H groups in total. The van der Waals surface area contributed by atoms with E-state index in [4.69, 9.17) is 16.3 Å². The zero-order chi connectivity index (χ0) is 15.4. The lowest BCUT2D eigenvalue weighted by molar-refractivity contribution is -0.163. The number of para-hydroxylation sites is 1. The predicted molar refractivity (Wildman–Crippen MR) is 73.8 cm³/mol. The number of hydrogen-bond donors (Lipinski definition) is 2. The van der Waals surface area contributed by atoms with Gasteiger partial charge >= 0.3 is 5.97 Å². The van der Waals surface area contributed by atoms with Gasteiger partial charge in [0.1, 0.15) is 12.8 Å². The third kappa shape index (κ3) is 3.23. The average Bonchev–Trinajstić information content (AvgIpc) is 2.95. The topological polar surface area (TPSA) is 100 Å². The van der Waals surface area contributed by atoms with Crippen molar-refractivity contribution in [1.82, 2.24) is 0 Å². The van der Waals surface area contributed by atoms with E-state index in [1.165, 1.54) is 12.1 Å². The van der Waals surface area contributed by atoms with Gasteiger partial charge < -0.3 is 15.2 Å². The summed E-state index contributed by atoms with van der Waals surface area (Å²) in [4.78, 5) is 15.2. The molecule has 116 valence electrons. The second-order valence-corrected chi connectivity index (χ2v) is 4.70. The van der Waals surface area contributed by atoms with Gasteiger partial charge in [0.15, 0.2) is 0 Å². The molecule has 7 nitrogen and oxygen atoms in total. The highest BCUT2D eigenvalue weighted by Gasteiger charge is 2.30. The molecular formula is C13H18FN3O4. The predicted octanol–water partition coefficient (Wildman–Crippen LogP) is 1.14. The van der Waals surface area contributed by atoms with Crippen molar-refractivity contribution >= 4 is 17.3 Å². The van der Waals surface area contributed by atoms with Gasteiger partial charge in [0.05, 0.1) is 30.2 Å². The van der Waals surface area contributed by atoms with E-state index >= 15 is 0 Å². The summed E-state index contributed by atoms with van der Waals surface area (Å²) >= 11 is 0. The first-order chi connectivity index (χ1) is 10.1. The quantitative estimate of drug-likeness (QED) is 0.364. The largest absolute Gasteiger partial charge is 0.465 e. The molecule has 0 bridgehead atoms. The summed E-state index contributed by atoms with van der Waals surface area (Å²) in [5.74, 6) is 5.47. The first-order valence-corrected chi connectivity index (χ1v) is 6.48. The maximum Gasteiger partial charge on any atom is 0.340 e. The molecule has 1 fully saturated rings. The highest BCUT2D eigenvalue weighted by atomic mass is 19.3. The van der Waals surface area contributed by atoms with E-state index in [-0.39, 0.29) is 24.0 Å². The summed E-state index contributed by atoms with van der Waals surface area (Å²) in [5.41, 5.74) is 6.85. The molecule has 0 radical (unpaired) electrons. The molecule has 0 aliphatic carbocycles. The van der Waals surface area contributed by atoms with E-state index in [1.54, 1.807) is 18.2 Å². The number of ether oxygens (including phenoxy) is 2. The molecule has 2 unspecified atom stereocenters. The normalized spacial score (nSPS) is 21.3. The number of hydrazine groups is 1. The molecule has 0 amide bonds. The van der Waals surface area contributed by atoms with Crippen molar-refractivity contribution in [2.75, 3.05) is 24.5 Å². The molecule has 1 aliphatic rings. The van der Waals surface area contributed by atoms with Crippen molar-refractivity contribution in [1.29, 1.82) is 0 Å². The lowest BCUT2D eigenvalue weighted by atomic mass is 10.1. The van der Waals surface area contributed by atoms with Gasteiger partial charge in [-0.25, -0.2) is 10.6 Å². The maximum atomic E-state index is 11.8. The number of rotatable bonds is 5. The maximum absolute atomic E-state index is 11.8. The van der Waals surface area contributed by atoms with Gasteiger partial charge in [0.25, 0.3) is 0 Å². The van der Waals surface area contributed by atoms with Crippen molar-refractivity contribution in [2.45, 2.75) is 25.2 Å². The van der Waals surface area contributed by atoms with Crippen LogP contribution in [0.25, 0.3) is 0 Å². The molecule has 2 atom stereocenters. The number of carbonyl (C=O) groups excluding carboxylic acids is 1. The summed E-state index contributed by atoms with van der Waals surface area (Å²) < 4.78 is 22.1. The van der Waals surface area contributed by atoms with Crippen LogP contribution in [0.1, 0.15) is 23.2 Å². The number of nitrogens with zero attached hydrogens (tertiary/aromatic N) is 1. The Hall–Kier alpha value is -1.90.